The number of benzene rings is 2. The first-order chi connectivity index (χ1) is 18.9. The molecule has 1 saturated carbocycles. The molecule has 0 amide bonds. The minimum Gasteiger partial charge on any atom is -0.489 e. The van der Waals surface area contributed by atoms with Crippen LogP contribution >= 0.6 is 0 Å². The molecule has 3 unspecified atom stereocenters. The zero-order chi connectivity index (χ0) is 27.5. The Morgan fingerprint density at radius 1 is 1.23 bits per heavy atom. The van der Waals surface area contributed by atoms with Crippen LogP contribution in [0.2, 0.25) is 6.32 Å². The molecule has 0 aliphatic heterocycles. The summed E-state index contributed by atoms with van der Waals surface area (Å²) in [6.45, 7) is 2.34. The van der Waals surface area contributed by atoms with E-state index in [1.165, 1.54) is 0 Å². The molecule has 6 nitrogen and oxygen atoms in total. The lowest BCUT2D eigenvalue weighted by Gasteiger charge is -2.36. The van der Waals surface area contributed by atoms with Crippen LogP contribution < -0.4 is 10.5 Å². The number of carboxylic acids is 1. The topological polar surface area (TPSA) is 98.6 Å². The van der Waals surface area contributed by atoms with Crippen molar-refractivity contribution in [3.05, 3.63) is 83.1 Å². The quantitative estimate of drug-likeness (QED) is 0.219. The number of fused-ring (bicyclic) bond motifs is 1. The van der Waals surface area contributed by atoms with Crippen LogP contribution in [0.1, 0.15) is 54.7 Å². The van der Waals surface area contributed by atoms with Crippen molar-refractivity contribution in [1.29, 1.82) is 0 Å². The van der Waals surface area contributed by atoms with Crippen molar-refractivity contribution in [2.75, 3.05) is 0 Å². The van der Waals surface area contributed by atoms with Gasteiger partial charge in [-0.1, -0.05) is 37.4 Å². The maximum absolute atomic E-state index is 15.4. The average Bonchev–Trinajstić information content (AvgIpc) is 3.33. The molecule has 0 spiro atoms. The molecular formula is C31H32BFN2O4. The Labute approximate surface area is 228 Å². The fraction of sp³-hybridized carbons (Fsp3) is 0.355. The second-order valence-corrected chi connectivity index (χ2v) is 10.5. The minimum atomic E-state index is -0.931. The van der Waals surface area contributed by atoms with Crippen molar-refractivity contribution in [2.45, 2.75) is 58.0 Å². The highest BCUT2D eigenvalue weighted by atomic mass is 19.1. The Bertz CT molecular complexity index is 1490. The molecule has 200 valence electrons. The van der Waals surface area contributed by atoms with E-state index < -0.39 is 11.8 Å². The summed E-state index contributed by atoms with van der Waals surface area (Å²) in [5.74, 6) is 1.28. The molecule has 2 aromatic heterocycles. The van der Waals surface area contributed by atoms with Crippen LogP contribution in [0.3, 0.4) is 0 Å². The SMILES string of the molecule is [B]CC(C)CC1CCC1c1cc2cc(COc3ccccc3CC(=O)O)cc(-c3ccnc(CN)c3F)c2o1. The minimum absolute atomic E-state index is 0.0154. The molecule has 0 bridgehead atoms. The molecule has 2 aromatic carbocycles. The van der Waals surface area contributed by atoms with Gasteiger partial charge < -0.3 is 20.0 Å². The number of aromatic nitrogens is 1. The van der Waals surface area contributed by atoms with Gasteiger partial charge in [0.1, 0.15) is 23.7 Å². The van der Waals surface area contributed by atoms with Crippen LogP contribution in [0, 0.1) is 17.7 Å². The number of carboxylic acid groups (broad SMARTS) is 1. The largest absolute Gasteiger partial charge is 0.489 e. The van der Waals surface area contributed by atoms with Crippen molar-refractivity contribution in [1.82, 2.24) is 4.98 Å². The zero-order valence-corrected chi connectivity index (χ0v) is 22.0. The number of hydrogen-bond donors (Lipinski definition) is 2. The molecule has 1 aliphatic rings. The van der Waals surface area contributed by atoms with E-state index in [1.54, 1.807) is 36.5 Å². The van der Waals surface area contributed by atoms with E-state index in [0.29, 0.717) is 52.1 Å². The number of rotatable bonds is 11. The van der Waals surface area contributed by atoms with Gasteiger partial charge in [0.25, 0.3) is 0 Å². The summed E-state index contributed by atoms with van der Waals surface area (Å²) >= 11 is 0. The number of hydrogen-bond acceptors (Lipinski definition) is 5. The number of carbonyl (C=O) groups is 1. The van der Waals surface area contributed by atoms with E-state index in [-0.39, 0.29) is 25.3 Å². The molecule has 2 radical (unpaired) electrons. The lowest BCUT2D eigenvalue weighted by molar-refractivity contribution is -0.136. The number of aliphatic carboxylic acids is 1. The fourth-order valence-electron chi connectivity index (χ4n) is 5.49. The number of nitrogens with zero attached hydrogens (tertiary/aromatic N) is 1. The van der Waals surface area contributed by atoms with E-state index in [9.17, 15) is 9.90 Å². The van der Waals surface area contributed by atoms with E-state index >= 15 is 4.39 Å². The Morgan fingerprint density at radius 3 is 2.77 bits per heavy atom. The van der Waals surface area contributed by atoms with Crippen molar-refractivity contribution in [3.8, 4) is 16.9 Å². The summed E-state index contributed by atoms with van der Waals surface area (Å²) in [6, 6.07) is 14.6. The third-order valence-electron chi connectivity index (χ3n) is 7.74. The highest BCUT2D eigenvalue weighted by Gasteiger charge is 2.35. The number of pyridine rings is 1. The first-order valence-corrected chi connectivity index (χ1v) is 13.4. The molecule has 5 rings (SSSR count). The third-order valence-corrected chi connectivity index (χ3v) is 7.74. The van der Waals surface area contributed by atoms with Crippen LogP contribution in [0.15, 0.2) is 59.1 Å². The predicted molar refractivity (Wildman–Crippen MR) is 149 cm³/mol. The van der Waals surface area contributed by atoms with Gasteiger partial charge >= 0.3 is 5.97 Å². The second kappa shape index (κ2) is 11.6. The molecule has 3 N–H and O–H groups in total. The van der Waals surface area contributed by atoms with Gasteiger partial charge in [0.05, 0.1) is 20.0 Å². The molecule has 0 saturated heterocycles. The average molecular weight is 526 g/mol. The van der Waals surface area contributed by atoms with E-state index in [0.717, 1.165) is 36.0 Å². The molecule has 2 heterocycles. The molecular weight excluding hydrogens is 494 g/mol. The van der Waals surface area contributed by atoms with Gasteiger partial charge in [-0.15, -0.1) is 0 Å². The molecule has 1 aliphatic carbocycles. The van der Waals surface area contributed by atoms with Gasteiger partial charge in [-0.25, -0.2) is 4.39 Å². The van der Waals surface area contributed by atoms with Crippen LogP contribution in [0.4, 0.5) is 4.39 Å². The van der Waals surface area contributed by atoms with Crippen LogP contribution in [0.5, 0.6) is 5.75 Å². The Morgan fingerprint density at radius 2 is 2.05 bits per heavy atom. The second-order valence-electron chi connectivity index (χ2n) is 10.5. The maximum atomic E-state index is 15.4. The van der Waals surface area contributed by atoms with Gasteiger partial charge in [0.2, 0.25) is 0 Å². The summed E-state index contributed by atoms with van der Waals surface area (Å²) in [5.41, 5.74) is 8.92. The third kappa shape index (κ3) is 5.71. The molecule has 4 aromatic rings. The fourth-order valence-corrected chi connectivity index (χ4v) is 5.49. The molecule has 1 fully saturated rings. The predicted octanol–water partition coefficient (Wildman–Crippen LogP) is 6.41. The summed E-state index contributed by atoms with van der Waals surface area (Å²) in [6.07, 6.45) is 5.33. The lowest BCUT2D eigenvalue weighted by atomic mass is 9.67. The van der Waals surface area contributed by atoms with Crippen LogP contribution in [-0.4, -0.2) is 23.9 Å². The monoisotopic (exact) mass is 526 g/mol. The number of furan rings is 1. The van der Waals surface area contributed by atoms with Crippen molar-refractivity contribution in [3.63, 3.8) is 0 Å². The smallest absolute Gasteiger partial charge is 0.307 e. The first-order valence-electron chi connectivity index (χ1n) is 13.4. The summed E-state index contributed by atoms with van der Waals surface area (Å²) in [7, 11) is 5.87. The number of para-hydroxylation sites is 1. The van der Waals surface area contributed by atoms with E-state index in [1.807, 2.05) is 12.1 Å². The normalized spacial score (nSPS) is 17.6. The van der Waals surface area contributed by atoms with Crippen LogP contribution in [0.25, 0.3) is 22.1 Å². The van der Waals surface area contributed by atoms with Gasteiger partial charge in [0.15, 0.2) is 5.82 Å². The summed E-state index contributed by atoms with van der Waals surface area (Å²) < 4.78 is 28.0. The van der Waals surface area contributed by atoms with Crippen molar-refractivity contribution >= 4 is 24.8 Å². The van der Waals surface area contributed by atoms with Gasteiger partial charge in [-0.3, -0.25) is 9.78 Å². The first kappa shape index (κ1) is 26.9. The number of halogens is 1. The highest BCUT2D eigenvalue weighted by molar-refractivity contribution is 6.08. The van der Waals surface area contributed by atoms with Crippen molar-refractivity contribution < 1.29 is 23.4 Å². The van der Waals surface area contributed by atoms with Crippen molar-refractivity contribution in [2.24, 2.45) is 17.6 Å². The lowest BCUT2D eigenvalue weighted by Crippen LogP contribution is -2.25. The standard InChI is InChI=1S/C31H32BFN2O4/c1-18(15-32)10-20-6-7-23(20)28-13-22-11-19(17-38-27-5-3-2-4-21(27)14-29(36)37)12-25(31(22)39-28)24-8-9-35-26(16-34)30(24)33/h2-5,8-9,11-13,18,20,23H,6-7,10,14-17,34H2,1H3,(H,36,37). The summed E-state index contributed by atoms with van der Waals surface area (Å²) in [4.78, 5) is 15.4. The zero-order valence-electron chi connectivity index (χ0n) is 22.0. The maximum Gasteiger partial charge on any atom is 0.307 e. The Hall–Kier alpha value is -3.65. The van der Waals surface area contributed by atoms with Gasteiger partial charge in [-0.05, 0) is 61.1 Å². The van der Waals surface area contributed by atoms with Gasteiger partial charge in [0, 0.05) is 40.7 Å². The number of ether oxygens (including phenoxy) is 1. The molecule has 3 atom stereocenters. The van der Waals surface area contributed by atoms with Crippen LogP contribution in [-0.2, 0) is 24.4 Å². The van der Waals surface area contributed by atoms with E-state index in [4.69, 9.17) is 22.7 Å². The molecule has 8 heteroatoms. The Kier molecular flexibility index (Phi) is 8.03. The highest BCUT2D eigenvalue weighted by Crippen LogP contribution is 2.48. The number of nitrogens with two attached hydrogens (primary N) is 1. The van der Waals surface area contributed by atoms with Gasteiger partial charge in [-0.2, -0.15) is 0 Å². The summed E-state index contributed by atoms with van der Waals surface area (Å²) in [5, 5.41) is 10.1. The Balaban J connectivity index is 1.53. The molecule has 39 heavy (non-hydrogen) atoms. The van der Waals surface area contributed by atoms with E-state index in [2.05, 4.69) is 18.0 Å².